The highest BCUT2D eigenvalue weighted by atomic mass is 16.3. The summed E-state index contributed by atoms with van der Waals surface area (Å²) >= 11 is 0. The first kappa shape index (κ1) is 12.2. The zero-order chi connectivity index (χ0) is 13.9. The van der Waals surface area contributed by atoms with E-state index in [9.17, 15) is 9.59 Å². The quantitative estimate of drug-likeness (QED) is 0.562. The van der Waals surface area contributed by atoms with Crippen LogP contribution in [0.2, 0.25) is 0 Å². The molecule has 0 saturated carbocycles. The molecule has 2 heterocycles. The van der Waals surface area contributed by atoms with Crippen LogP contribution >= 0.6 is 0 Å². The van der Waals surface area contributed by atoms with Gasteiger partial charge in [-0.25, -0.2) is 0 Å². The zero-order valence-corrected chi connectivity index (χ0v) is 10.4. The normalized spacial score (nSPS) is 10.6. The van der Waals surface area contributed by atoms with Gasteiger partial charge in [0, 0.05) is 11.1 Å². The van der Waals surface area contributed by atoms with E-state index in [0.29, 0.717) is 5.69 Å². The van der Waals surface area contributed by atoms with Crippen LogP contribution < -0.4 is 5.32 Å². The van der Waals surface area contributed by atoms with Crippen molar-refractivity contribution >= 4 is 28.3 Å². The number of Topliss-reactive ketones (excluding diaryl/α,β-unsaturated/α-hetero) is 1. The summed E-state index contributed by atoms with van der Waals surface area (Å²) in [5, 5.41) is 10.3. The van der Waals surface area contributed by atoms with Crippen LogP contribution in [0.1, 0.15) is 17.0 Å². The van der Waals surface area contributed by atoms with Crippen LogP contribution in [0.4, 0.5) is 5.69 Å². The van der Waals surface area contributed by atoms with E-state index in [-0.39, 0.29) is 23.9 Å². The molecule has 0 atom stereocenters. The summed E-state index contributed by atoms with van der Waals surface area (Å²) in [7, 11) is 0. The van der Waals surface area contributed by atoms with Crippen LogP contribution in [0, 0.1) is 0 Å². The van der Waals surface area contributed by atoms with Gasteiger partial charge < -0.3 is 9.73 Å². The highest BCUT2D eigenvalue weighted by Gasteiger charge is 2.14. The molecule has 1 aromatic carbocycles. The van der Waals surface area contributed by atoms with Crippen molar-refractivity contribution in [1.82, 2.24) is 10.2 Å². The standard InChI is InChI=1S/C14H11N3O3/c18-12(13-2-1-5-20-13)7-14(19)16-10-3-4-11-9(6-10)8-15-17-11/h1-6,8H,7H2,(H,15,17)(H,16,19). The number of furan rings is 1. The number of amides is 1. The lowest BCUT2D eigenvalue weighted by Crippen LogP contribution is -2.16. The van der Waals surface area contributed by atoms with Crippen molar-refractivity contribution in [3.63, 3.8) is 0 Å². The molecule has 0 aliphatic carbocycles. The maximum Gasteiger partial charge on any atom is 0.232 e. The Bertz CT molecular complexity index is 759. The topological polar surface area (TPSA) is 88.0 Å². The number of benzene rings is 1. The first-order valence-electron chi connectivity index (χ1n) is 6.02. The molecular weight excluding hydrogens is 258 g/mol. The highest BCUT2D eigenvalue weighted by Crippen LogP contribution is 2.17. The van der Waals surface area contributed by atoms with Crippen molar-refractivity contribution in [3.8, 4) is 0 Å². The molecule has 0 aliphatic heterocycles. The summed E-state index contributed by atoms with van der Waals surface area (Å²) in [5.74, 6) is -0.545. The first-order chi connectivity index (χ1) is 9.72. The van der Waals surface area contributed by atoms with Crippen molar-refractivity contribution < 1.29 is 14.0 Å². The van der Waals surface area contributed by atoms with Crippen molar-refractivity contribution in [2.45, 2.75) is 6.42 Å². The van der Waals surface area contributed by atoms with Gasteiger partial charge in [-0.2, -0.15) is 5.10 Å². The number of H-pyrrole nitrogens is 1. The average molecular weight is 269 g/mol. The Morgan fingerprint density at radius 3 is 3.00 bits per heavy atom. The van der Waals surface area contributed by atoms with E-state index in [0.717, 1.165) is 10.9 Å². The largest absolute Gasteiger partial charge is 0.461 e. The number of nitrogens with one attached hydrogen (secondary N) is 2. The van der Waals surface area contributed by atoms with Crippen molar-refractivity contribution in [2.24, 2.45) is 0 Å². The van der Waals surface area contributed by atoms with Gasteiger partial charge in [0.25, 0.3) is 0 Å². The van der Waals surface area contributed by atoms with E-state index in [1.165, 1.54) is 12.3 Å². The molecule has 100 valence electrons. The molecule has 2 N–H and O–H groups in total. The second-order valence-electron chi connectivity index (χ2n) is 4.30. The molecule has 1 amide bonds. The number of hydrogen-bond acceptors (Lipinski definition) is 4. The monoisotopic (exact) mass is 269 g/mol. The van der Waals surface area contributed by atoms with Crippen LogP contribution in [0.15, 0.2) is 47.2 Å². The minimum Gasteiger partial charge on any atom is -0.461 e. The Morgan fingerprint density at radius 1 is 1.30 bits per heavy atom. The smallest absolute Gasteiger partial charge is 0.232 e. The Labute approximate surface area is 113 Å². The molecule has 0 bridgehead atoms. The number of aromatic nitrogens is 2. The van der Waals surface area contributed by atoms with Gasteiger partial charge in [0.05, 0.1) is 24.4 Å². The number of ketones is 1. The van der Waals surface area contributed by atoms with Crippen molar-refractivity contribution in [3.05, 3.63) is 48.6 Å². The number of rotatable bonds is 4. The molecule has 0 aliphatic rings. The lowest BCUT2D eigenvalue weighted by Gasteiger charge is -2.04. The van der Waals surface area contributed by atoms with E-state index in [4.69, 9.17) is 4.42 Å². The van der Waals surface area contributed by atoms with Crippen molar-refractivity contribution in [2.75, 3.05) is 5.32 Å². The van der Waals surface area contributed by atoms with Gasteiger partial charge in [-0.1, -0.05) is 0 Å². The van der Waals surface area contributed by atoms with E-state index in [1.807, 2.05) is 6.07 Å². The maximum atomic E-state index is 11.8. The minimum absolute atomic E-state index is 0.186. The van der Waals surface area contributed by atoms with Crippen LogP contribution in [0.5, 0.6) is 0 Å². The second-order valence-corrected chi connectivity index (χ2v) is 4.30. The van der Waals surface area contributed by atoms with E-state index in [1.54, 1.807) is 24.4 Å². The van der Waals surface area contributed by atoms with Crippen LogP contribution in [0.25, 0.3) is 10.9 Å². The van der Waals surface area contributed by atoms with Gasteiger partial charge in [0.1, 0.15) is 0 Å². The summed E-state index contributed by atoms with van der Waals surface area (Å²) in [4.78, 5) is 23.5. The van der Waals surface area contributed by atoms with Gasteiger partial charge in [-0.15, -0.1) is 0 Å². The summed E-state index contributed by atoms with van der Waals surface area (Å²) < 4.78 is 4.95. The molecule has 0 spiro atoms. The van der Waals surface area contributed by atoms with Crippen LogP contribution in [0.3, 0.4) is 0 Å². The molecule has 20 heavy (non-hydrogen) atoms. The number of carbonyl (C=O) groups excluding carboxylic acids is 2. The molecule has 0 radical (unpaired) electrons. The molecule has 0 saturated heterocycles. The Balaban J connectivity index is 1.67. The van der Waals surface area contributed by atoms with Crippen molar-refractivity contribution in [1.29, 1.82) is 0 Å². The fourth-order valence-electron chi connectivity index (χ4n) is 1.90. The van der Waals surface area contributed by atoms with Gasteiger partial charge >= 0.3 is 0 Å². The lowest BCUT2D eigenvalue weighted by atomic mass is 10.2. The molecule has 3 rings (SSSR count). The third-order valence-electron chi connectivity index (χ3n) is 2.84. The summed E-state index contributed by atoms with van der Waals surface area (Å²) in [6.07, 6.45) is 2.81. The average Bonchev–Trinajstić information content (AvgIpc) is 3.09. The Morgan fingerprint density at radius 2 is 2.20 bits per heavy atom. The Hall–Kier alpha value is -2.89. The number of fused-ring (bicyclic) bond motifs is 1. The number of carbonyl (C=O) groups is 2. The Kier molecular flexibility index (Phi) is 3.04. The van der Waals surface area contributed by atoms with Gasteiger partial charge in [0.2, 0.25) is 11.7 Å². The van der Waals surface area contributed by atoms with Crippen LogP contribution in [-0.4, -0.2) is 21.9 Å². The molecular formula is C14H11N3O3. The molecule has 3 aromatic rings. The molecule has 0 unspecified atom stereocenters. The van der Waals surface area contributed by atoms with Gasteiger partial charge in [-0.05, 0) is 30.3 Å². The fourth-order valence-corrected chi connectivity index (χ4v) is 1.90. The predicted molar refractivity (Wildman–Crippen MR) is 72.4 cm³/mol. The highest BCUT2D eigenvalue weighted by molar-refractivity contribution is 6.10. The summed E-state index contributed by atoms with van der Waals surface area (Å²) in [6, 6.07) is 8.49. The molecule has 6 nitrogen and oxygen atoms in total. The first-order valence-corrected chi connectivity index (χ1v) is 6.02. The number of nitrogens with zero attached hydrogens (tertiary/aromatic N) is 1. The lowest BCUT2D eigenvalue weighted by molar-refractivity contribution is -0.115. The second kappa shape index (κ2) is 5.00. The number of aromatic amines is 1. The van der Waals surface area contributed by atoms with Gasteiger partial charge in [0.15, 0.2) is 5.76 Å². The zero-order valence-electron chi connectivity index (χ0n) is 10.4. The van der Waals surface area contributed by atoms with Gasteiger partial charge in [-0.3, -0.25) is 14.7 Å². The van der Waals surface area contributed by atoms with E-state index in [2.05, 4.69) is 15.5 Å². The van der Waals surface area contributed by atoms with Crippen LogP contribution in [-0.2, 0) is 4.79 Å². The summed E-state index contributed by atoms with van der Waals surface area (Å²) in [5.41, 5.74) is 1.51. The SMILES string of the molecule is O=C(CC(=O)c1ccco1)Nc1ccc2[nH]ncc2c1. The molecule has 2 aromatic heterocycles. The fraction of sp³-hybridized carbons (Fsp3) is 0.0714. The summed E-state index contributed by atoms with van der Waals surface area (Å²) in [6.45, 7) is 0. The third kappa shape index (κ3) is 2.44. The predicted octanol–water partition coefficient (Wildman–Crippen LogP) is 2.37. The third-order valence-corrected chi connectivity index (χ3v) is 2.84. The maximum absolute atomic E-state index is 11.8. The minimum atomic E-state index is -0.380. The number of anilines is 1. The number of hydrogen-bond donors (Lipinski definition) is 2. The molecule has 0 fully saturated rings. The molecule has 6 heteroatoms. The van der Waals surface area contributed by atoms with E-state index < -0.39 is 0 Å². The van der Waals surface area contributed by atoms with E-state index >= 15 is 0 Å².